The van der Waals surface area contributed by atoms with Gasteiger partial charge in [-0.1, -0.05) is 11.6 Å². The van der Waals surface area contributed by atoms with Crippen molar-refractivity contribution < 1.29 is 52.3 Å². The smallest absolute Gasteiger partial charge is 0.231 e. The Hall–Kier alpha value is -3.24. The summed E-state index contributed by atoms with van der Waals surface area (Å²) < 4.78 is 24.8. The first kappa shape index (κ1) is 25.4. The van der Waals surface area contributed by atoms with Gasteiger partial charge in [0.15, 0.2) is 35.7 Å². The fourth-order valence-electron chi connectivity index (χ4n) is 5.09. The maximum Gasteiger partial charge on any atom is 0.231 e. The Morgan fingerprint density at radius 3 is 2.51 bits per heavy atom. The first-order valence-electron chi connectivity index (χ1n) is 11.6. The number of halogens is 2. The van der Waals surface area contributed by atoms with E-state index < -0.39 is 0 Å². The Morgan fingerprint density at radius 1 is 1.03 bits per heavy atom. The molecule has 0 radical (unpaired) electrons. The third-order valence-electron chi connectivity index (χ3n) is 6.71. The highest BCUT2D eigenvalue weighted by atomic mass is 127. The number of aryl methyl sites for hydroxylation is 2. The molecule has 0 unspecified atom stereocenters. The lowest BCUT2D eigenvalue weighted by atomic mass is 9.89. The fraction of sp³-hybridized carbons (Fsp3) is 0.214. The van der Waals surface area contributed by atoms with Gasteiger partial charge in [0.2, 0.25) is 18.4 Å². The topological polar surface area (TPSA) is 69.9 Å². The summed E-state index contributed by atoms with van der Waals surface area (Å²) in [6.07, 6.45) is 3.08. The van der Waals surface area contributed by atoms with E-state index >= 15 is 0 Å². The number of benzene rings is 3. The van der Waals surface area contributed by atoms with Crippen molar-refractivity contribution in [3.8, 4) is 34.3 Å². The summed E-state index contributed by atoms with van der Waals surface area (Å²) >= 11 is 6.01. The van der Waals surface area contributed by atoms with Crippen LogP contribution in [-0.2, 0) is 24.2 Å². The third-order valence-corrected chi connectivity index (χ3v) is 6.96. The van der Waals surface area contributed by atoms with Crippen molar-refractivity contribution in [3.05, 3.63) is 70.9 Å². The van der Waals surface area contributed by atoms with Crippen molar-refractivity contribution in [3.63, 3.8) is 0 Å². The second-order valence-electron chi connectivity index (χ2n) is 8.76. The molecule has 3 aromatic carbocycles. The van der Waals surface area contributed by atoms with Crippen LogP contribution in [0.2, 0.25) is 5.02 Å². The number of ether oxygens (including phenoxy) is 4. The van der Waals surface area contributed by atoms with Crippen molar-refractivity contribution in [2.75, 3.05) is 26.3 Å². The highest BCUT2D eigenvalue weighted by Crippen LogP contribution is 2.43. The van der Waals surface area contributed by atoms with E-state index in [0.29, 0.717) is 28.0 Å². The molecule has 7 nitrogen and oxygen atoms in total. The lowest BCUT2D eigenvalue weighted by molar-refractivity contribution is -0.686. The van der Waals surface area contributed by atoms with Crippen LogP contribution in [0.3, 0.4) is 0 Å². The zero-order chi connectivity index (χ0) is 24.8. The van der Waals surface area contributed by atoms with E-state index in [9.17, 15) is 4.79 Å². The first-order chi connectivity index (χ1) is 17.6. The van der Waals surface area contributed by atoms with Crippen molar-refractivity contribution in [1.29, 1.82) is 0 Å². The van der Waals surface area contributed by atoms with E-state index in [4.69, 9.17) is 30.5 Å². The molecule has 4 aromatic rings. The van der Waals surface area contributed by atoms with Gasteiger partial charge in [0.25, 0.3) is 0 Å². The number of nitrogens with one attached hydrogen (secondary N) is 1. The van der Waals surface area contributed by atoms with Gasteiger partial charge < -0.3 is 48.2 Å². The Morgan fingerprint density at radius 2 is 1.78 bits per heavy atom. The monoisotopic (exact) mass is 630 g/mol. The number of pyridine rings is 1. The fourth-order valence-corrected chi connectivity index (χ4v) is 5.21. The van der Waals surface area contributed by atoms with Crippen LogP contribution >= 0.6 is 11.6 Å². The van der Waals surface area contributed by atoms with E-state index in [0.717, 1.165) is 46.3 Å². The van der Waals surface area contributed by atoms with Crippen LogP contribution in [0.1, 0.15) is 11.1 Å². The van der Waals surface area contributed by atoms with Crippen molar-refractivity contribution in [2.45, 2.75) is 19.4 Å². The summed E-state index contributed by atoms with van der Waals surface area (Å²) in [5, 5.41) is 5.43. The number of hydrogen-bond acceptors (Lipinski definition) is 5. The van der Waals surface area contributed by atoms with E-state index in [2.05, 4.69) is 22.1 Å². The highest BCUT2D eigenvalue weighted by Gasteiger charge is 2.33. The number of nitrogens with zero attached hydrogens (tertiary/aromatic N) is 1. The summed E-state index contributed by atoms with van der Waals surface area (Å²) in [6, 6.07) is 15.0. The molecule has 190 valence electrons. The third kappa shape index (κ3) is 4.53. The molecule has 0 saturated carbocycles. The SMILES string of the molecule is COc1ccc2c(CC(=O)Nc3ccc(Cl)cc3)c3[n+](cc2c1OC)CCc1cc2c(cc1-3)OCO2.[I-]. The van der Waals surface area contributed by atoms with Gasteiger partial charge in [-0.3, -0.25) is 4.79 Å². The number of hydrogen-bond donors (Lipinski definition) is 1. The Kier molecular flexibility index (Phi) is 7.04. The number of fused-ring (bicyclic) bond motifs is 5. The van der Waals surface area contributed by atoms with Crippen molar-refractivity contribution >= 4 is 34.0 Å². The van der Waals surface area contributed by atoms with E-state index in [1.165, 1.54) is 5.56 Å². The minimum atomic E-state index is -0.129. The molecule has 1 amide bonds. The van der Waals surface area contributed by atoms with Gasteiger partial charge in [0.05, 0.1) is 31.6 Å². The highest BCUT2D eigenvalue weighted by molar-refractivity contribution is 6.30. The Bertz CT molecular complexity index is 1520. The first-order valence-corrected chi connectivity index (χ1v) is 12.0. The largest absolute Gasteiger partial charge is 1.00 e. The molecule has 0 saturated heterocycles. The number of carbonyl (C=O) groups is 1. The maximum atomic E-state index is 13.3. The summed E-state index contributed by atoms with van der Waals surface area (Å²) in [5.74, 6) is 2.63. The number of rotatable bonds is 5. The summed E-state index contributed by atoms with van der Waals surface area (Å²) in [6.45, 7) is 0.966. The molecule has 2 aliphatic heterocycles. The zero-order valence-corrected chi connectivity index (χ0v) is 23.2. The molecule has 0 spiro atoms. The standard InChI is InChI=1S/C28H23ClN2O5.HI/c1-33-23-8-7-19-21(13-26(32)30-18-5-3-17(29)4-6-18)27-20-12-25-24(35-15-36-25)11-16(20)9-10-31(27)14-22(19)28(23)34-2;/h3-8,11-12,14H,9-10,13,15H2,1-2H3;1H. The predicted molar refractivity (Wildman–Crippen MR) is 136 cm³/mol. The second-order valence-corrected chi connectivity index (χ2v) is 9.19. The lowest BCUT2D eigenvalue weighted by Crippen LogP contribution is -3.00. The zero-order valence-electron chi connectivity index (χ0n) is 20.3. The summed E-state index contributed by atoms with van der Waals surface area (Å²) in [5.41, 5.74) is 4.78. The van der Waals surface area contributed by atoms with Gasteiger partial charge in [0, 0.05) is 28.1 Å². The molecule has 1 N–H and O–H groups in total. The lowest BCUT2D eigenvalue weighted by Gasteiger charge is -2.21. The molecule has 0 aliphatic carbocycles. The van der Waals surface area contributed by atoms with Crippen LogP contribution in [0.15, 0.2) is 54.7 Å². The van der Waals surface area contributed by atoms with Gasteiger partial charge in [0.1, 0.15) is 0 Å². The summed E-state index contributed by atoms with van der Waals surface area (Å²) in [7, 11) is 3.25. The Balaban J connectivity index is 0.00000280. The molecule has 3 heterocycles. The van der Waals surface area contributed by atoms with Crippen LogP contribution in [0.5, 0.6) is 23.0 Å². The second kappa shape index (κ2) is 10.3. The van der Waals surface area contributed by atoms with E-state index in [-0.39, 0.29) is 43.1 Å². The molecule has 37 heavy (non-hydrogen) atoms. The minimum Gasteiger partial charge on any atom is -1.00 e. The average Bonchev–Trinajstić information content (AvgIpc) is 3.35. The van der Waals surface area contributed by atoms with Crippen LogP contribution < -0.4 is 52.8 Å². The van der Waals surface area contributed by atoms with Gasteiger partial charge in [-0.05, 0) is 54.1 Å². The van der Waals surface area contributed by atoms with Gasteiger partial charge in [-0.15, -0.1) is 0 Å². The van der Waals surface area contributed by atoms with Crippen LogP contribution in [0.4, 0.5) is 5.69 Å². The Labute approximate surface area is 236 Å². The number of methoxy groups -OCH3 is 2. The molecular weight excluding hydrogens is 607 g/mol. The molecule has 2 aliphatic rings. The van der Waals surface area contributed by atoms with Crippen molar-refractivity contribution in [2.24, 2.45) is 0 Å². The number of carbonyl (C=O) groups excluding carboxylic acids is 1. The minimum absolute atomic E-state index is 0. The average molecular weight is 631 g/mol. The maximum absolute atomic E-state index is 13.3. The van der Waals surface area contributed by atoms with E-state index in [1.54, 1.807) is 38.5 Å². The molecule has 0 fully saturated rings. The van der Waals surface area contributed by atoms with Gasteiger partial charge in [-0.25, -0.2) is 0 Å². The predicted octanol–water partition coefficient (Wildman–Crippen LogP) is 1.93. The molecular formula is C28H24ClIN2O5. The molecule has 6 rings (SSSR count). The molecule has 1 aromatic heterocycles. The number of anilines is 1. The molecule has 9 heteroatoms. The quantitative estimate of drug-likeness (QED) is 0.270. The van der Waals surface area contributed by atoms with Crippen LogP contribution in [0, 0.1) is 0 Å². The number of amides is 1. The molecule has 0 bridgehead atoms. The van der Waals surface area contributed by atoms with Gasteiger partial charge >= 0.3 is 0 Å². The van der Waals surface area contributed by atoms with Gasteiger partial charge in [-0.2, -0.15) is 4.57 Å². The molecule has 0 atom stereocenters. The normalized spacial score (nSPS) is 12.8. The summed E-state index contributed by atoms with van der Waals surface area (Å²) in [4.78, 5) is 13.3. The number of aromatic nitrogens is 1. The van der Waals surface area contributed by atoms with E-state index in [1.807, 2.05) is 18.2 Å². The van der Waals surface area contributed by atoms with Crippen molar-refractivity contribution in [1.82, 2.24) is 0 Å². The van der Waals surface area contributed by atoms with Crippen LogP contribution in [-0.4, -0.2) is 26.9 Å². The van der Waals surface area contributed by atoms with Crippen LogP contribution in [0.25, 0.3) is 22.0 Å².